The molecule has 6 nitrogen and oxygen atoms in total. The molecule has 0 aromatic heterocycles. The van der Waals surface area contributed by atoms with Crippen LogP contribution in [0.4, 0.5) is 4.79 Å². The van der Waals surface area contributed by atoms with Crippen LogP contribution in [0.25, 0.3) is 0 Å². The molecule has 0 radical (unpaired) electrons. The number of hydrogen-bond acceptors (Lipinski definition) is 4. The average molecular weight is 391 g/mol. The summed E-state index contributed by atoms with van der Waals surface area (Å²) < 4.78 is 0. The molecule has 1 saturated carbocycles. The van der Waals surface area contributed by atoms with Gasteiger partial charge in [-0.25, -0.2) is 9.59 Å². The molecule has 1 saturated heterocycles. The predicted molar refractivity (Wildman–Crippen MR) is 105 cm³/mol. The van der Waals surface area contributed by atoms with Gasteiger partial charge in [0.2, 0.25) is 0 Å². The van der Waals surface area contributed by atoms with E-state index >= 15 is 0 Å². The van der Waals surface area contributed by atoms with Crippen LogP contribution < -0.4 is 0 Å². The molecule has 2 fully saturated rings. The Morgan fingerprint density at radius 1 is 1.19 bits per heavy atom. The van der Waals surface area contributed by atoms with Gasteiger partial charge in [-0.1, -0.05) is 49.6 Å². The smallest absolute Gasteiger partial charge is 0.328 e. The first-order valence-corrected chi connectivity index (χ1v) is 10.1. The maximum Gasteiger partial charge on any atom is 0.328 e. The van der Waals surface area contributed by atoms with Crippen molar-refractivity contribution in [2.75, 3.05) is 5.75 Å². The number of imide groups is 1. The van der Waals surface area contributed by atoms with Gasteiger partial charge < -0.3 is 5.11 Å². The first-order valence-electron chi connectivity index (χ1n) is 9.47. The minimum atomic E-state index is -1.09. The molecule has 7 heteroatoms. The molecule has 3 rings (SSSR count). The summed E-state index contributed by atoms with van der Waals surface area (Å²) in [5.74, 6) is -1.01. The fraction of sp³-hybridized carbons (Fsp3) is 0.550. The molecule has 3 amide bonds. The lowest BCUT2D eigenvalue weighted by atomic mass is 9.79. The molecular weight excluding hydrogens is 364 g/mol. The first kappa shape index (κ1) is 19.7. The van der Waals surface area contributed by atoms with E-state index in [-0.39, 0.29) is 5.91 Å². The summed E-state index contributed by atoms with van der Waals surface area (Å²) in [6.45, 7) is 1.49. The number of benzene rings is 1. The van der Waals surface area contributed by atoms with Crippen LogP contribution in [0, 0.1) is 0 Å². The average Bonchev–Trinajstić information content (AvgIpc) is 2.87. The SMILES string of the molecule is C[C@@H](C(=O)O)N1C(=O)N(C(CS)Cc2ccccc2)C(=O)C12CCCCC2. The van der Waals surface area contributed by atoms with E-state index in [2.05, 4.69) is 12.6 Å². The van der Waals surface area contributed by atoms with E-state index in [0.29, 0.717) is 25.0 Å². The second-order valence-corrected chi connectivity index (χ2v) is 7.83. The molecule has 1 aromatic rings. The fourth-order valence-corrected chi connectivity index (χ4v) is 4.69. The maximum atomic E-state index is 13.5. The van der Waals surface area contributed by atoms with Crippen LogP contribution in [0.2, 0.25) is 0 Å². The van der Waals surface area contributed by atoms with Gasteiger partial charge in [0.15, 0.2) is 0 Å². The third-order valence-electron chi connectivity index (χ3n) is 5.81. The molecule has 1 aliphatic carbocycles. The predicted octanol–water partition coefficient (Wildman–Crippen LogP) is 2.97. The number of rotatable bonds is 6. The molecule has 0 bridgehead atoms. The van der Waals surface area contributed by atoms with E-state index in [0.717, 1.165) is 24.8 Å². The summed E-state index contributed by atoms with van der Waals surface area (Å²) in [6.07, 6.45) is 4.19. The molecular formula is C20H26N2O4S. The Bertz CT molecular complexity index is 718. The highest BCUT2D eigenvalue weighted by Gasteiger charge is 2.60. The van der Waals surface area contributed by atoms with Gasteiger partial charge in [-0.05, 0) is 31.7 Å². The van der Waals surface area contributed by atoms with Crippen LogP contribution >= 0.6 is 12.6 Å². The number of nitrogens with zero attached hydrogens (tertiary/aromatic N) is 2. The number of carboxylic acids is 1. The third-order valence-corrected chi connectivity index (χ3v) is 6.23. The summed E-state index contributed by atoms with van der Waals surface area (Å²) in [4.78, 5) is 41.0. The molecule has 1 aromatic carbocycles. The number of thiol groups is 1. The fourth-order valence-electron chi connectivity index (χ4n) is 4.40. The number of hydrogen-bond donors (Lipinski definition) is 2. The lowest BCUT2D eigenvalue weighted by Gasteiger charge is -2.40. The van der Waals surface area contributed by atoms with E-state index in [1.807, 2.05) is 30.3 Å². The Balaban J connectivity index is 1.96. The van der Waals surface area contributed by atoms with Crippen molar-refractivity contribution < 1.29 is 19.5 Å². The number of urea groups is 1. The van der Waals surface area contributed by atoms with Crippen molar-refractivity contribution in [3.05, 3.63) is 35.9 Å². The first-order chi connectivity index (χ1) is 12.9. The Hall–Kier alpha value is -2.02. The monoisotopic (exact) mass is 390 g/mol. The third kappa shape index (κ3) is 3.45. The van der Waals surface area contributed by atoms with Crippen molar-refractivity contribution in [1.29, 1.82) is 0 Å². The van der Waals surface area contributed by atoms with Gasteiger partial charge in [-0.3, -0.25) is 14.6 Å². The van der Waals surface area contributed by atoms with Crippen molar-refractivity contribution in [3.8, 4) is 0 Å². The molecule has 1 aliphatic heterocycles. The van der Waals surface area contributed by atoms with Crippen LogP contribution in [0.1, 0.15) is 44.6 Å². The highest BCUT2D eigenvalue weighted by molar-refractivity contribution is 7.80. The Morgan fingerprint density at radius 2 is 1.81 bits per heavy atom. The molecule has 2 atom stereocenters. The van der Waals surface area contributed by atoms with Crippen molar-refractivity contribution in [3.63, 3.8) is 0 Å². The van der Waals surface area contributed by atoms with Crippen molar-refractivity contribution in [1.82, 2.24) is 9.80 Å². The van der Waals surface area contributed by atoms with E-state index < -0.39 is 29.6 Å². The maximum absolute atomic E-state index is 13.5. The molecule has 2 aliphatic rings. The van der Waals surface area contributed by atoms with Crippen LogP contribution in [-0.2, 0) is 16.0 Å². The summed E-state index contributed by atoms with van der Waals surface area (Å²) in [6, 6.07) is 7.72. The Kier molecular flexibility index (Phi) is 5.79. The number of carbonyl (C=O) groups excluding carboxylic acids is 2. The molecule has 1 spiro atoms. The van der Waals surface area contributed by atoms with Gasteiger partial charge in [0, 0.05) is 5.75 Å². The summed E-state index contributed by atoms with van der Waals surface area (Å²) >= 11 is 4.40. The van der Waals surface area contributed by atoms with Gasteiger partial charge in [0.25, 0.3) is 5.91 Å². The van der Waals surface area contributed by atoms with Gasteiger partial charge in [0.05, 0.1) is 6.04 Å². The summed E-state index contributed by atoms with van der Waals surface area (Å²) in [5, 5.41) is 9.54. The lowest BCUT2D eigenvalue weighted by molar-refractivity contribution is -0.145. The van der Waals surface area contributed by atoms with Gasteiger partial charge >= 0.3 is 12.0 Å². The van der Waals surface area contributed by atoms with E-state index in [9.17, 15) is 19.5 Å². The van der Waals surface area contributed by atoms with Crippen LogP contribution in [0.5, 0.6) is 0 Å². The zero-order valence-corrected chi connectivity index (χ0v) is 16.4. The van der Waals surface area contributed by atoms with Crippen molar-refractivity contribution in [2.24, 2.45) is 0 Å². The van der Waals surface area contributed by atoms with E-state index in [1.165, 1.54) is 16.7 Å². The molecule has 1 heterocycles. The van der Waals surface area contributed by atoms with E-state index in [1.54, 1.807) is 0 Å². The van der Waals surface area contributed by atoms with Gasteiger partial charge in [-0.2, -0.15) is 12.6 Å². The number of aliphatic carboxylic acids is 1. The van der Waals surface area contributed by atoms with Gasteiger partial charge in [-0.15, -0.1) is 0 Å². The highest BCUT2D eigenvalue weighted by atomic mass is 32.1. The number of amides is 3. The zero-order valence-electron chi connectivity index (χ0n) is 15.5. The highest BCUT2D eigenvalue weighted by Crippen LogP contribution is 2.42. The topological polar surface area (TPSA) is 77.9 Å². The van der Waals surface area contributed by atoms with Crippen LogP contribution in [0.15, 0.2) is 30.3 Å². The Morgan fingerprint density at radius 3 is 2.37 bits per heavy atom. The quantitative estimate of drug-likeness (QED) is 0.578. The minimum Gasteiger partial charge on any atom is -0.480 e. The largest absolute Gasteiger partial charge is 0.480 e. The van der Waals surface area contributed by atoms with Crippen molar-refractivity contribution in [2.45, 2.75) is 63.1 Å². The van der Waals surface area contributed by atoms with Crippen LogP contribution in [0.3, 0.4) is 0 Å². The van der Waals surface area contributed by atoms with E-state index in [4.69, 9.17) is 0 Å². The van der Waals surface area contributed by atoms with Crippen molar-refractivity contribution >= 4 is 30.5 Å². The second-order valence-electron chi connectivity index (χ2n) is 7.46. The number of carbonyl (C=O) groups is 3. The minimum absolute atomic E-state index is 0.254. The molecule has 146 valence electrons. The molecule has 1 unspecified atom stereocenters. The normalized spacial score (nSPS) is 21.6. The summed E-state index contributed by atoms with van der Waals surface area (Å²) in [5.41, 5.74) is -0.00929. The second kappa shape index (κ2) is 7.92. The molecule has 1 N–H and O–H groups in total. The summed E-state index contributed by atoms with van der Waals surface area (Å²) in [7, 11) is 0. The van der Waals surface area contributed by atoms with Gasteiger partial charge in [0.1, 0.15) is 11.6 Å². The number of carboxylic acid groups (broad SMARTS) is 1. The lowest BCUT2D eigenvalue weighted by Crippen LogP contribution is -2.56. The van der Waals surface area contributed by atoms with Crippen LogP contribution in [-0.4, -0.2) is 56.2 Å². The Labute approximate surface area is 164 Å². The standard InChI is InChI=1S/C20H26N2O4S/c1-14(17(23)24)22-19(26)21(18(25)20(22)10-6-3-7-11-20)16(13-27)12-15-8-4-2-5-9-15/h2,4-5,8-9,14,16,27H,3,6-7,10-13H2,1H3,(H,23,24)/t14-,16?/m0/s1. The molecule has 27 heavy (non-hydrogen) atoms. The zero-order chi connectivity index (χ0) is 19.6.